The van der Waals surface area contributed by atoms with Crippen LogP contribution in [0.3, 0.4) is 0 Å². The number of carbonyl (C=O) groups is 1. The fourth-order valence-corrected chi connectivity index (χ4v) is 4.63. The zero-order valence-electron chi connectivity index (χ0n) is 20.9. The van der Waals surface area contributed by atoms with Gasteiger partial charge < -0.3 is 14.4 Å². The number of aromatic nitrogens is 3. The second-order valence-electron chi connectivity index (χ2n) is 9.58. The van der Waals surface area contributed by atoms with Crippen LogP contribution in [0.1, 0.15) is 50.6 Å². The first kappa shape index (κ1) is 24.9. The molecule has 2 aromatic heterocycles. The van der Waals surface area contributed by atoms with E-state index in [1.165, 1.54) is 0 Å². The van der Waals surface area contributed by atoms with Gasteiger partial charge in [0.05, 0.1) is 16.6 Å². The molecule has 0 spiro atoms. The third-order valence-electron chi connectivity index (χ3n) is 5.94. The number of benzene rings is 2. The number of hydrogen-bond donors (Lipinski definition) is 1. The van der Waals surface area contributed by atoms with E-state index in [4.69, 9.17) is 26.3 Å². The number of pyridine rings is 1. The fourth-order valence-electron chi connectivity index (χ4n) is 4.50. The van der Waals surface area contributed by atoms with Crippen LogP contribution in [0.15, 0.2) is 48.5 Å². The monoisotopic (exact) mass is 491 g/mol. The van der Waals surface area contributed by atoms with E-state index in [1.54, 1.807) is 12.1 Å². The molecule has 0 saturated heterocycles. The Morgan fingerprint density at radius 1 is 1.09 bits per heavy atom. The number of aryl methyl sites for hydroxylation is 2. The van der Waals surface area contributed by atoms with Crippen LogP contribution in [-0.2, 0) is 16.1 Å². The van der Waals surface area contributed by atoms with Gasteiger partial charge in [-0.05, 0) is 82.5 Å². The van der Waals surface area contributed by atoms with Gasteiger partial charge in [0.2, 0.25) is 0 Å². The Kier molecular flexibility index (Phi) is 6.71. The summed E-state index contributed by atoms with van der Waals surface area (Å²) in [5.41, 5.74) is 5.54. The number of imidazole rings is 1. The van der Waals surface area contributed by atoms with Gasteiger partial charge in [0.25, 0.3) is 0 Å². The summed E-state index contributed by atoms with van der Waals surface area (Å²) in [5.74, 6) is -0.312. The summed E-state index contributed by atoms with van der Waals surface area (Å²) < 4.78 is 8.19. The topological polar surface area (TPSA) is 77.2 Å². The van der Waals surface area contributed by atoms with Gasteiger partial charge in [0, 0.05) is 22.8 Å². The van der Waals surface area contributed by atoms with Crippen molar-refractivity contribution in [3.05, 3.63) is 70.4 Å². The van der Waals surface area contributed by atoms with Crippen molar-refractivity contribution in [3.8, 4) is 22.6 Å². The van der Waals surface area contributed by atoms with Gasteiger partial charge in [0.15, 0.2) is 11.9 Å². The highest BCUT2D eigenvalue weighted by molar-refractivity contribution is 6.30. The summed E-state index contributed by atoms with van der Waals surface area (Å²) in [5, 5.41) is 10.8. The summed E-state index contributed by atoms with van der Waals surface area (Å²) in [6.07, 6.45) is -1.19. The molecule has 0 bridgehead atoms. The molecule has 0 fully saturated rings. The first-order valence-corrected chi connectivity index (χ1v) is 12.0. The summed E-state index contributed by atoms with van der Waals surface area (Å²) in [4.78, 5) is 22.3. The molecule has 7 heteroatoms. The minimum atomic E-state index is -1.19. The van der Waals surface area contributed by atoms with E-state index in [2.05, 4.69) is 11.5 Å². The second kappa shape index (κ2) is 9.44. The lowest BCUT2D eigenvalue weighted by Gasteiger charge is -2.28. The number of ether oxygens (including phenoxy) is 1. The van der Waals surface area contributed by atoms with Gasteiger partial charge in [-0.1, -0.05) is 35.9 Å². The molecule has 6 nitrogen and oxygen atoms in total. The van der Waals surface area contributed by atoms with E-state index >= 15 is 0 Å². The Labute approximate surface area is 210 Å². The molecule has 2 heterocycles. The van der Waals surface area contributed by atoms with Crippen LogP contribution in [0, 0.1) is 13.8 Å². The van der Waals surface area contributed by atoms with Gasteiger partial charge >= 0.3 is 5.97 Å². The Bertz CT molecular complexity index is 1400. The van der Waals surface area contributed by atoms with Crippen LogP contribution in [-0.4, -0.2) is 31.2 Å². The Hall–Kier alpha value is -3.22. The molecular formula is C28H30ClN3O3. The lowest BCUT2D eigenvalue weighted by atomic mass is 9.89. The predicted octanol–water partition coefficient (Wildman–Crippen LogP) is 7.00. The van der Waals surface area contributed by atoms with Crippen LogP contribution >= 0.6 is 11.6 Å². The second-order valence-corrected chi connectivity index (χ2v) is 10.0. The molecule has 0 aliphatic carbocycles. The van der Waals surface area contributed by atoms with Crippen molar-refractivity contribution in [2.45, 2.75) is 59.8 Å². The average Bonchev–Trinajstić information content (AvgIpc) is 3.17. The van der Waals surface area contributed by atoms with Crippen molar-refractivity contribution in [2.75, 3.05) is 0 Å². The number of hydrogen-bond acceptors (Lipinski definition) is 4. The van der Waals surface area contributed by atoms with E-state index in [9.17, 15) is 9.90 Å². The zero-order valence-corrected chi connectivity index (χ0v) is 21.6. The number of carboxylic acids is 1. The smallest absolute Gasteiger partial charge is 0.337 e. The SMILES string of the molecule is CCn1c(-c2nc(C)c(C(OC(C)(C)C)C(=O)O)c(-c3ccc(Cl)cc3)c2C)nc2ccccc21. The third-order valence-corrected chi connectivity index (χ3v) is 6.19. The van der Waals surface area contributed by atoms with Crippen LogP contribution in [0.2, 0.25) is 5.02 Å². The molecule has 2 aromatic carbocycles. The van der Waals surface area contributed by atoms with Crippen LogP contribution in [0.25, 0.3) is 33.7 Å². The van der Waals surface area contributed by atoms with Crippen molar-refractivity contribution in [1.29, 1.82) is 0 Å². The van der Waals surface area contributed by atoms with Gasteiger partial charge in [-0.25, -0.2) is 14.8 Å². The molecule has 4 rings (SSSR count). The number of carboxylic acid groups (broad SMARTS) is 1. The first-order valence-electron chi connectivity index (χ1n) is 11.6. The standard InChI is InChI=1S/C28H30ClN3O3/c1-7-32-21-11-9-8-10-20(21)31-26(32)24-16(2)22(18-12-14-19(29)15-13-18)23(17(3)30-24)25(27(33)34)35-28(4,5)6/h8-15,25H,7H2,1-6H3,(H,33,34). The maximum atomic E-state index is 12.5. The first-order chi connectivity index (χ1) is 16.5. The minimum Gasteiger partial charge on any atom is -0.479 e. The quantitative estimate of drug-likeness (QED) is 0.314. The number of nitrogens with zero attached hydrogens (tertiary/aromatic N) is 3. The van der Waals surface area contributed by atoms with E-state index in [0.29, 0.717) is 22.0 Å². The van der Waals surface area contributed by atoms with Gasteiger partial charge in [0.1, 0.15) is 5.69 Å². The number of aliphatic carboxylic acids is 1. The van der Waals surface area contributed by atoms with Crippen molar-refractivity contribution in [1.82, 2.24) is 14.5 Å². The molecule has 4 aromatic rings. The van der Waals surface area contributed by atoms with Crippen molar-refractivity contribution >= 4 is 28.6 Å². The van der Waals surface area contributed by atoms with E-state index < -0.39 is 17.7 Å². The number of fused-ring (bicyclic) bond motifs is 1. The highest BCUT2D eigenvalue weighted by Gasteiger charge is 2.33. The normalized spacial score (nSPS) is 12.8. The largest absolute Gasteiger partial charge is 0.479 e. The number of para-hydroxylation sites is 2. The molecule has 0 saturated carbocycles. The van der Waals surface area contributed by atoms with Crippen molar-refractivity contribution in [3.63, 3.8) is 0 Å². The number of halogens is 1. The maximum absolute atomic E-state index is 12.5. The van der Waals surface area contributed by atoms with Crippen LogP contribution < -0.4 is 0 Å². The van der Waals surface area contributed by atoms with E-state index in [1.807, 2.05) is 71.0 Å². The van der Waals surface area contributed by atoms with Gasteiger partial charge in [-0.15, -0.1) is 0 Å². The van der Waals surface area contributed by atoms with Crippen LogP contribution in [0.4, 0.5) is 0 Å². The average molecular weight is 492 g/mol. The highest BCUT2D eigenvalue weighted by atomic mass is 35.5. The van der Waals surface area contributed by atoms with Gasteiger partial charge in [-0.3, -0.25) is 0 Å². The molecule has 0 aliphatic rings. The summed E-state index contributed by atoms with van der Waals surface area (Å²) >= 11 is 6.18. The molecular weight excluding hydrogens is 462 g/mol. The molecule has 182 valence electrons. The van der Waals surface area contributed by atoms with E-state index in [-0.39, 0.29) is 0 Å². The molecule has 0 aliphatic heterocycles. The maximum Gasteiger partial charge on any atom is 0.337 e. The minimum absolute atomic E-state index is 0.537. The third kappa shape index (κ3) is 4.81. The molecule has 0 radical (unpaired) electrons. The lowest BCUT2D eigenvalue weighted by molar-refractivity contribution is -0.160. The van der Waals surface area contributed by atoms with Crippen molar-refractivity contribution < 1.29 is 14.6 Å². The Morgan fingerprint density at radius 2 is 1.74 bits per heavy atom. The van der Waals surface area contributed by atoms with Gasteiger partial charge in [-0.2, -0.15) is 0 Å². The Balaban J connectivity index is 2.06. The molecule has 1 unspecified atom stereocenters. The molecule has 1 atom stereocenters. The van der Waals surface area contributed by atoms with Crippen LogP contribution in [0.5, 0.6) is 0 Å². The van der Waals surface area contributed by atoms with E-state index in [0.717, 1.165) is 40.1 Å². The molecule has 0 amide bonds. The predicted molar refractivity (Wildman–Crippen MR) is 140 cm³/mol. The summed E-state index contributed by atoms with van der Waals surface area (Å²) in [6.45, 7) is 12.1. The summed E-state index contributed by atoms with van der Waals surface area (Å²) in [6, 6.07) is 15.4. The number of rotatable bonds is 6. The molecule has 35 heavy (non-hydrogen) atoms. The van der Waals surface area contributed by atoms with Crippen molar-refractivity contribution in [2.24, 2.45) is 0 Å². The Morgan fingerprint density at radius 3 is 2.34 bits per heavy atom. The highest BCUT2D eigenvalue weighted by Crippen LogP contribution is 2.41. The zero-order chi connectivity index (χ0) is 25.5. The lowest BCUT2D eigenvalue weighted by Crippen LogP contribution is -2.28. The molecule has 1 N–H and O–H groups in total. The summed E-state index contributed by atoms with van der Waals surface area (Å²) in [7, 11) is 0. The fraction of sp³-hybridized carbons (Fsp3) is 0.321.